The molecule has 86 valence electrons. The van der Waals surface area contributed by atoms with E-state index in [1.807, 2.05) is 12.1 Å². The predicted molar refractivity (Wildman–Crippen MR) is 60.9 cm³/mol. The zero-order valence-electron chi connectivity index (χ0n) is 9.24. The van der Waals surface area contributed by atoms with Gasteiger partial charge in [0.05, 0.1) is 25.0 Å². The van der Waals surface area contributed by atoms with Crippen molar-refractivity contribution in [2.45, 2.75) is 6.10 Å². The van der Waals surface area contributed by atoms with Crippen molar-refractivity contribution in [2.75, 3.05) is 31.4 Å². The van der Waals surface area contributed by atoms with E-state index < -0.39 is 6.10 Å². The highest BCUT2D eigenvalue weighted by atomic mass is 16.5. The van der Waals surface area contributed by atoms with Crippen molar-refractivity contribution < 1.29 is 14.3 Å². The molecule has 0 radical (unpaired) electrons. The third-order valence-electron chi connectivity index (χ3n) is 2.54. The summed E-state index contributed by atoms with van der Waals surface area (Å²) in [6.45, 7) is 0.460. The Labute approximate surface area is 93.7 Å². The van der Waals surface area contributed by atoms with Crippen LogP contribution in [0, 0.1) is 0 Å². The lowest BCUT2D eigenvalue weighted by Crippen LogP contribution is -2.32. The summed E-state index contributed by atoms with van der Waals surface area (Å²) >= 11 is 0. The molecule has 0 aliphatic carbocycles. The maximum absolute atomic E-state index is 11.7. The number of benzene rings is 1. The Hall–Kier alpha value is -1.75. The van der Waals surface area contributed by atoms with Gasteiger partial charge in [-0.25, -0.2) is 0 Å². The monoisotopic (exact) mass is 222 g/mol. The summed E-state index contributed by atoms with van der Waals surface area (Å²) in [6, 6.07) is 5.48. The number of carbonyl (C=O) groups excluding carboxylic acids is 1. The van der Waals surface area contributed by atoms with Crippen LogP contribution in [-0.4, -0.2) is 32.8 Å². The average Bonchev–Trinajstić information content (AvgIpc) is 2.46. The Kier molecular flexibility index (Phi) is 2.96. The first-order chi connectivity index (χ1) is 7.74. The molecule has 16 heavy (non-hydrogen) atoms. The molecule has 1 unspecified atom stereocenters. The van der Waals surface area contributed by atoms with Crippen LogP contribution in [0.1, 0.15) is 0 Å². The fourth-order valence-corrected chi connectivity index (χ4v) is 1.61. The summed E-state index contributed by atoms with van der Waals surface area (Å²) in [5.74, 6) is 0.554. The first kappa shape index (κ1) is 10.8. The molecule has 0 saturated carbocycles. The summed E-state index contributed by atoms with van der Waals surface area (Å²) in [6.07, 6.45) is -0.474. The van der Waals surface area contributed by atoms with Gasteiger partial charge in [0.2, 0.25) is 0 Å². The van der Waals surface area contributed by atoms with Crippen molar-refractivity contribution in [2.24, 2.45) is 0 Å². The van der Waals surface area contributed by atoms with Crippen LogP contribution in [0.5, 0.6) is 5.75 Å². The lowest BCUT2D eigenvalue weighted by Gasteiger charge is -2.09. The summed E-state index contributed by atoms with van der Waals surface area (Å²) in [5, 5.41) is 5.94. The van der Waals surface area contributed by atoms with Gasteiger partial charge in [-0.15, -0.1) is 0 Å². The number of nitrogens with one attached hydrogen (secondary N) is 2. The molecule has 0 saturated heterocycles. The molecule has 1 aliphatic rings. The van der Waals surface area contributed by atoms with Gasteiger partial charge in [0.25, 0.3) is 5.91 Å². The SMILES string of the molecule is COc1ccc2c(c1)NC(=O)C(OC)CN2. The van der Waals surface area contributed by atoms with Crippen LogP contribution in [0.2, 0.25) is 0 Å². The summed E-state index contributed by atoms with van der Waals surface area (Å²) in [5.41, 5.74) is 1.58. The second kappa shape index (κ2) is 4.40. The zero-order valence-corrected chi connectivity index (χ0v) is 9.24. The van der Waals surface area contributed by atoms with Gasteiger partial charge < -0.3 is 20.1 Å². The van der Waals surface area contributed by atoms with Crippen LogP contribution in [-0.2, 0) is 9.53 Å². The van der Waals surface area contributed by atoms with Gasteiger partial charge in [-0.3, -0.25) is 4.79 Å². The number of fused-ring (bicyclic) bond motifs is 1. The van der Waals surface area contributed by atoms with Gasteiger partial charge in [-0.1, -0.05) is 0 Å². The molecule has 1 aliphatic heterocycles. The third kappa shape index (κ3) is 1.94. The molecule has 1 amide bonds. The van der Waals surface area contributed by atoms with E-state index >= 15 is 0 Å². The number of anilines is 2. The van der Waals surface area contributed by atoms with E-state index in [-0.39, 0.29) is 5.91 Å². The fourth-order valence-electron chi connectivity index (χ4n) is 1.61. The standard InChI is InChI=1S/C11H14N2O3/c1-15-7-3-4-8-9(5-7)13-11(14)10(16-2)6-12-8/h3-5,10,12H,6H2,1-2H3,(H,13,14). The second-order valence-corrected chi connectivity index (χ2v) is 3.51. The van der Waals surface area contributed by atoms with Gasteiger partial charge >= 0.3 is 0 Å². The molecule has 5 nitrogen and oxygen atoms in total. The summed E-state index contributed by atoms with van der Waals surface area (Å²) in [4.78, 5) is 11.7. The van der Waals surface area contributed by atoms with Gasteiger partial charge in [-0.05, 0) is 12.1 Å². The average molecular weight is 222 g/mol. The molecule has 1 aromatic carbocycles. The predicted octanol–water partition coefficient (Wildman–Crippen LogP) is 1.07. The first-order valence-electron chi connectivity index (χ1n) is 5.00. The number of amides is 1. The Morgan fingerprint density at radius 1 is 1.31 bits per heavy atom. The molecular formula is C11H14N2O3. The van der Waals surface area contributed by atoms with Crippen molar-refractivity contribution in [1.82, 2.24) is 0 Å². The normalized spacial score (nSPS) is 19.1. The van der Waals surface area contributed by atoms with Crippen molar-refractivity contribution in [3.8, 4) is 5.75 Å². The molecular weight excluding hydrogens is 208 g/mol. The molecule has 0 bridgehead atoms. The minimum absolute atomic E-state index is 0.151. The lowest BCUT2D eigenvalue weighted by molar-refractivity contribution is -0.124. The van der Waals surface area contributed by atoms with Gasteiger partial charge in [0.1, 0.15) is 5.75 Å². The Balaban J connectivity index is 2.30. The molecule has 2 rings (SSSR count). The molecule has 0 aromatic heterocycles. The topological polar surface area (TPSA) is 59.6 Å². The van der Waals surface area contributed by atoms with Crippen LogP contribution in [0.15, 0.2) is 18.2 Å². The molecule has 5 heteroatoms. The molecule has 0 spiro atoms. The second-order valence-electron chi connectivity index (χ2n) is 3.51. The number of hydrogen-bond donors (Lipinski definition) is 2. The summed E-state index contributed by atoms with van der Waals surface area (Å²) < 4.78 is 10.2. The Morgan fingerprint density at radius 2 is 2.12 bits per heavy atom. The Morgan fingerprint density at radius 3 is 2.81 bits per heavy atom. The van der Waals surface area contributed by atoms with E-state index in [4.69, 9.17) is 9.47 Å². The zero-order chi connectivity index (χ0) is 11.5. The molecule has 1 aromatic rings. The maximum Gasteiger partial charge on any atom is 0.255 e. The van der Waals surface area contributed by atoms with Crippen LogP contribution in [0.4, 0.5) is 11.4 Å². The minimum Gasteiger partial charge on any atom is -0.497 e. The largest absolute Gasteiger partial charge is 0.497 e. The van der Waals surface area contributed by atoms with Crippen molar-refractivity contribution in [3.05, 3.63) is 18.2 Å². The third-order valence-corrected chi connectivity index (χ3v) is 2.54. The van der Waals surface area contributed by atoms with E-state index in [0.29, 0.717) is 18.0 Å². The summed E-state index contributed by atoms with van der Waals surface area (Å²) in [7, 11) is 3.11. The number of rotatable bonds is 2. The van der Waals surface area contributed by atoms with Gasteiger partial charge in [0.15, 0.2) is 6.10 Å². The van der Waals surface area contributed by atoms with E-state index in [9.17, 15) is 4.79 Å². The van der Waals surface area contributed by atoms with Crippen molar-refractivity contribution in [3.63, 3.8) is 0 Å². The van der Waals surface area contributed by atoms with Crippen LogP contribution in [0.3, 0.4) is 0 Å². The lowest BCUT2D eigenvalue weighted by atomic mass is 10.2. The first-order valence-corrected chi connectivity index (χ1v) is 5.00. The fraction of sp³-hybridized carbons (Fsp3) is 0.364. The highest BCUT2D eigenvalue weighted by Crippen LogP contribution is 2.28. The van der Waals surface area contributed by atoms with Crippen LogP contribution in [0.25, 0.3) is 0 Å². The van der Waals surface area contributed by atoms with Crippen LogP contribution >= 0.6 is 0 Å². The van der Waals surface area contributed by atoms with Crippen molar-refractivity contribution in [1.29, 1.82) is 0 Å². The molecule has 1 heterocycles. The van der Waals surface area contributed by atoms with Crippen LogP contribution < -0.4 is 15.4 Å². The van der Waals surface area contributed by atoms with E-state index in [1.165, 1.54) is 7.11 Å². The van der Waals surface area contributed by atoms with E-state index in [0.717, 1.165) is 5.69 Å². The highest BCUT2D eigenvalue weighted by Gasteiger charge is 2.22. The maximum atomic E-state index is 11.7. The quantitative estimate of drug-likeness (QED) is 0.786. The number of ether oxygens (including phenoxy) is 2. The number of hydrogen-bond acceptors (Lipinski definition) is 4. The molecule has 2 N–H and O–H groups in total. The number of methoxy groups -OCH3 is 2. The molecule has 1 atom stereocenters. The van der Waals surface area contributed by atoms with Gasteiger partial charge in [0, 0.05) is 13.2 Å². The Bertz CT molecular complexity index is 406. The highest BCUT2D eigenvalue weighted by molar-refractivity contribution is 5.99. The number of carbonyl (C=O) groups is 1. The minimum atomic E-state index is -0.474. The smallest absolute Gasteiger partial charge is 0.255 e. The van der Waals surface area contributed by atoms with E-state index in [2.05, 4.69) is 10.6 Å². The molecule has 0 fully saturated rings. The van der Waals surface area contributed by atoms with Crippen molar-refractivity contribution >= 4 is 17.3 Å². The van der Waals surface area contributed by atoms with E-state index in [1.54, 1.807) is 13.2 Å². The van der Waals surface area contributed by atoms with Gasteiger partial charge in [-0.2, -0.15) is 0 Å².